The number of carbonyl (C=O) groups excluding carboxylic acids is 1. The van der Waals surface area contributed by atoms with E-state index in [9.17, 15) is 4.79 Å². The predicted molar refractivity (Wildman–Crippen MR) is 80.5 cm³/mol. The molecule has 0 aromatic carbocycles. The molecule has 1 aliphatic heterocycles. The molecule has 2 aromatic heterocycles. The third kappa shape index (κ3) is 3.27. The first-order chi connectivity index (χ1) is 10.3. The van der Waals surface area contributed by atoms with E-state index in [0.717, 1.165) is 31.4 Å². The van der Waals surface area contributed by atoms with E-state index >= 15 is 0 Å². The van der Waals surface area contributed by atoms with Crippen molar-refractivity contribution in [2.24, 2.45) is 0 Å². The van der Waals surface area contributed by atoms with Crippen molar-refractivity contribution >= 4 is 5.91 Å². The molecular weight excluding hydrogens is 262 g/mol. The highest BCUT2D eigenvalue weighted by Crippen LogP contribution is 2.32. The molecule has 3 heterocycles. The molecule has 0 saturated carbocycles. The Labute approximate surface area is 124 Å². The van der Waals surface area contributed by atoms with Gasteiger partial charge in [-0.15, -0.1) is 0 Å². The zero-order chi connectivity index (χ0) is 14.5. The molecule has 3 rings (SSSR count). The molecule has 1 saturated heterocycles. The van der Waals surface area contributed by atoms with Crippen LogP contribution in [-0.2, 0) is 11.2 Å². The van der Waals surface area contributed by atoms with E-state index in [1.54, 1.807) is 24.8 Å². The molecule has 1 atom stereocenters. The molecule has 0 bridgehead atoms. The second kappa shape index (κ2) is 6.48. The Kier molecular flexibility index (Phi) is 4.24. The van der Waals surface area contributed by atoms with Crippen LogP contribution in [0.15, 0.2) is 49.1 Å². The first-order valence-electron chi connectivity index (χ1n) is 7.43. The van der Waals surface area contributed by atoms with E-state index in [1.807, 2.05) is 29.2 Å². The average molecular weight is 281 g/mol. The summed E-state index contributed by atoms with van der Waals surface area (Å²) in [5.74, 6) is 0.242. The number of amides is 1. The molecule has 2 aromatic rings. The number of nitrogens with zero attached hydrogens (tertiary/aromatic N) is 3. The van der Waals surface area contributed by atoms with Crippen LogP contribution < -0.4 is 0 Å². The lowest BCUT2D eigenvalue weighted by Gasteiger charge is -2.25. The molecular formula is C17H19N3O. The molecule has 4 nitrogen and oxygen atoms in total. The maximum atomic E-state index is 12.5. The van der Waals surface area contributed by atoms with Gasteiger partial charge in [0.1, 0.15) is 0 Å². The summed E-state index contributed by atoms with van der Waals surface area (Å²) >= 11 is 0. The van der Waals surface area contributed by atoms with Crippen molar-refractivity contribution in [3.8, 4) is 0 Å². The van der Waals surface area contributed by atoms with E-state index in [-0.39, 0.29) is 11.9 Å². The Hall–Kier alpha value is -2.23. The van der Waals surface area contributed by atoms with Gasteiger partial charge in [0, 0.05) is 37.8 Å². The van der Waals surface area contributed by atoms with E-state index in [4.69, 9.17) is 0 Å². The van der Waals surface area contributed by atoms with Gasteiger partial charge in [0.05, 0.1) is 6.04 Å². The summed E-state index contributed by atoms with van der Waals surface area (Å²) in [6.45, 7) is 0.863. The number of likely N-dealkylation sites (tertiary alicyclic amines) is 1. The lowest BCUT2D eigenvalue weighted by atomic mass is 10.1. The number of carbonyl (C=O) groups is 1. The van der Waals surface area contributed by atoms with Crippen LogP contribution in [0.3, 0.4) is 0 Å². The number of aryl methyl sites for hydroxylation is 1. The standard InChI is InChI=1S/C17H19N3O/c21-17(4-3-14-5-9-18-10-6-14)20-13-1-2-16(20)15-7-11-19-12-8-15/h5-12,16H,1-4,13H2. The minimum Gasteiger partial charge on any atom is -0.336 e. The molecule has 0 radical (unpaired) electrons. The fraction of sp³-hybridized carbons (Fsp3) is 0.353. The van der Waals surface area contributed by atoms with Crippen LogP contribution in [-0.4, -0.2) is 27.3 Å². The topological polar surface area (TPSA) is 46.1 Å². The molecule has 21 heavy (non-hydrogen) atoms. The van der Waals surface area contributed by atoms with Crippen molar-refractivity contribution in [2.45, 2.75) is 31.7 Å². The van der Waals surface area contributed by atoms with Gasteiger partial charge in [0.2, 0.25) is 5.91 Å². The van der Waals surface area contributed by atoms with Crippen LogP contribution in [0.4, 0.5) is 0 Å². The first kappa shape index (κ1) is 13.7. The lowest BCUT2D eigenvalue weighted by Crippen LogP contribution is -2.30. The second-order valence-electron chi connectivity index (χ2n) is 5.38. The Balaban J connectivity index is 1.64. The first-order valence-corrected chi connectivity index (χ1v) is 7.43. The molecule has 1 fully saturated rings. The van der Waals surface area contributed by atoms with Crippen molar-refractivity contribution < 1.29 is 4.79 Å². The number of hydrogen-bond acceptors (Lipinski definition) is 3. The van der Waals surface area contributed by atoms with Gasteiger partial charge in [-0.2, -0.15) is 0 Å². The van der Waals surface area contributed by atoms with Crippen LogP contribution >= 0.6 is 0 Å². The summed E-state index contributed by atoms with van der Waals surface area (Å²) in [5.41, 5.74) is 2.36. The van der Waals surface area contributed by atoms with Crippen LogP contribution in [0.1, 0.15) is 36.4 Å². The Bertz CT molecular complexity index is 585. The lowest BCUT2D eigenvalue weighted by molar-refractivity contribution is -0.132. The van der Waals surface area contributed by atoms with Gasteiger partial charge in [0.25, 0.3) is 0 Å². The highest BCUT2D eigenvalue weighted by molar-refractivity contribution is 5.77. The summed E-state index contributed by atoms with van der Waals surface area (Å²) < 4.78 is 0. The summed E-state index contributed by atoms with van der Waals surface area (Å²) in [6.07, 6.45) is 10.6. The molecule has 0 spiro atoms. The van der Waals surface area contributed by atoms with Gasteiger partial charge in [-0.25, -0.2) is 0 Å². The highest BCUT2D eigenvalue weighted by Gasteiger charge is 2.29. The summed E-state index contributed by atoms with van der Waals surface area (Å²) in [7, 11) is 0. The zero-order valence-corrected chi connectivity index (χ0v) is 12.0. The van der Waals surface area contributed by atoms with Gasteiger partial charge in [-0.05, 0) is 54.7 Å². The maximum Gasteiger partial charge on any atom is 0.223 e. The monoisotopic (exact) mass is 281 g/mol. The summed E-state index contributed by atoms with van der Waals surface area (Å²) in [6, 6.07) is 8.19. The Morgan fingerprint density at radius 1 is 1.10 bits per heavy atom. The van der Waals surface area contributed by atoms with Crippen molar-refractivity contribution in [1.29, 1.82) is 0 Å². The zero-order valence-electron chi connectivity index (χ0n) is 12.0. The Morgan fingerprint density at radius 3 is 2.48 bits per heavy atom. The number of aromatic nitrogens is 2. The molecule has 1 amide bonds. The molecule has 0 aliphatic carbocycles. The van der Waals surface area contributed by atoms with E-state index in [1.165, 1.54) is 5.56 Å². The van der Waals surface area contributed by atoms with Gasteiger partial charge < -0.3 is 4.90 Å². The third-order valence-electron chi connectivity index (χ3n) is 4.04. The molecule has 0 N–H and O–H groups in total. The Morgan fingerprint density at radius 2 is 1.76 bits per heavy atom. The fourth-order valence-electron chi connectivity index (χ4n) is 2.94. The van der Waals surface area contributed by atoms with Crippen LogP contribution in [0.5, 0.6) is 0 Å². The number of hydrogen-bond donors (Lipinski definition) is 0. The number of rotatable bonds is 4. The largest absolute Gasteiger partial charge is 0.336 e. The number of pyridine rings is 2. The summed E-state index contributed by atoms with van der Waals surface area (Å²) in [5, 5.41) is 0. The van der Waals surface area contributed by atoms with Gasteiger partial charge in [0.15, 0.2) is 0 Å². The molecule has 1 unspecified atom stereocenters. The van der Waals surface area contributed by atoms with Crippen molar-refractivity contribution in [1.82, 2.24) is 14.9 Å². The maximum absolute atomic E-state index is 12.5. The molecule has 4 heteroatoms. The summed E-state index contributed by atoms with van der Waals surface area (Å²) in [4.78, 5) is 22.6. The smallest absolute Gasteiger partial charge is 0.223 e. The van der Waals surface area contributed by atoms with E-state index in [2.05, 4.69) is 9.97 Å². The predicted octanol–water partition coefficient (Wildman–Crippen LogP) is 2.77. The van der Waals surface area contributed by atoms with Gasteiger partial charge in [-0.1, -0.05) is 0 Å². The highest BCUT2D eigenvalue weighted by atomic mass is 16.2. The van der Waals surface area contributed by atoms with Crippen molar-refractivity contribution in [2.75, 3.05) is 6.54 Å². The van der Waals surface area contributed by atoms with Crippen molar-refractivity contribution in [3.63, 3.8) is 0 Å². The van der Waals surface area contributed by atoms with Gasteiger partial charge >= 0.3 is 0 Å². The minimum atomic E-state index is 0.220. The molecule has 1 aliphatic rings. The fourth-order valence-corrected chi connectivity index (χ4v) is 2.94. The van der Waals surface area contributed by atoms with Crippen LogP contribution in [0.2, 0.25) is 0 Å². The third-order valence-corrected chi connectivity index (χ3v) is 4.04. The van der Waals surface area contributed by atoms with Crippen molar-refractivity contribution in [3.05, 3.63) is 60.2 Å². The second-order valence-corrected chi connectivity index (χ2v) is 5.38. The quantitative estimate of drug-likeness (QED) is 0.865. The molecule has 108 valence electrons. The van der Waals surface area contributed by atoms with E-state index in [0.29, 0.717) is 6.42 Å². The normalized spacial score (nSPS) is 17.9. The minimum absolute atomic E-state index is 0.220. The van der Waals surface area contributed by atoms with Crippen LogP contribution in [0, 0.1) is 0 Å². The van der Waals surface area contributed by atoms with Crippen LogP contribution in [0.25, 0.3) is 0 Å². The average Bonchev–Trinajstić information content (AvgIpc) is 3.04. The SMILES string of the molecule is O=C(CCc1ccncc1)N1CCCC1c1ccncc1. The van der Waals surface area contributed by atoms with E-state index < -0.39 is 0 Å². The van der Waals surface area contributed by atoms with Gasteiger partial charge in [-0.3, -0.25) is 14.8 Å².